The average molecular weight is 456 g/mol. The number of carbonyl (C=O) groups is 2. The van der Waals surface area contributed by atoms with Crippen LogP contribution in [0.25, 0.3) is 16.9 Å². The highest BCUT2D eigenvalue weighted by Gasteiger charge is 2.31. The summed E-state index contributed by atoms with van der Waals surface area (Å²) in [4.78, 5) is 25.5. The van der Waals surface area contributed by atoms with Crippen LogP contribution in [0.15, 0.2) is 78.9 Å². The van der Waals surface area contributed by atoms with E-state index in [1.165, 1.54) is 18.9 Å². The molecule has 7 nitrogen and oxygen atoms in total. The highest BCUT2D eigenvalue weighted by molar-refractivity contribution is 6.06. The summed E-state index contributed by atoms with van der Waals surface area (Å²) >= 11 is 0. The number of aromatic nitrogens is 2. The maximum atomic E-state index is 12.8. The Morgan fingerprint density at radius 2 is 1.59 bits per heavy atom. The number of ether oxygens (including phenoxy) is 3. The van der Waals surface area contributed by atoms with Gasteiger partial charge in [-0.3, -0.25) is 0 Å². The largest absolute Gasteiger partial charge is 0.489 e. The molecule has 0 amide bonds. The second-order valence-electron chi connectivity index (χ2n) is 7.61. The fourth-order valence-electron chi connectivity index (χ4n) is 3.66. The number of hydrogen-bond acceptors (Lipinski definition) is 6. The maximum Gasteiger partial charge on any atom is 0.357 e. The molecule has 0 aliphatic carbocycles. The van der Waals surface area contributed by atoms with Gasteiger partial charge in [0, 0.05) is 5.56 Å². The van der Waals surface area contributed by atoms with Gasteiger partial charge in [-0.05, 0) is 36.8 Å². The van der Waals surface area contributed by atoms with E-state index in [0.29, 0.717) is 23.6 Å². The Morgan fingerprint density at radius 3 is 2.29 bits per heavy atom. The molecular formula is C27H24N2O5. The van der Waals surface area contributed by atoms with Crippen LogP contribution in [0.2, 0.25) is 0 Å². The molecule has 0 saturated carbocycles. The van der Waals surface area contributed by atoms with E-state index >= 15 is 0 Å². The van der Waals surface area contributed by atoms with E-state index in [1.54, 1.807) is 30.3 Å². The third-order valence-corrected chi connectivity index (χ3v) is 5.25. The molecule has 0 aliphatic rings. The van der Waals surface area contributed by atoms with E-state index in [1.807, 2.05) is 49.4 Å². The molecule has 1 aromatic heterocycles. The van der Waals surface area contributed by atoms with Crippen molar-refractivity contribution in [2.24, 2.45) is 0 Å². The molecule has 172 valence electrons. The van der Waals surface area contributed by atoms with Gasteiger partial charge in [-0.2, -0.15) is 5.10 Å². The first kappa shape index (κ1) is 22.8. The van der Waals surface area contributed by atoms with Gasteiger partial charge in [0.1, 0.15) is 23.6 Å². The molecular weight excluding hydrogens is 432 g/mol. The van der Waals surface area contributed by atoms with Gasteiger partial charge in [0.05, 0.1) is 19.9 Å². The van der Waals surface area contributed by atoms with Crippen LogP contribution in [0, 0.1) is 6.92 Å². The van der Waals surface area contributed by atoms with Gasteiger partial charge in [0.2, 0.25) is 0 Å². The highest BCUT2D eigenvalue weighted by Crippen LogP contribution is 2.31. The van der Waals surface area contributed by atoms with E-state index in [9.17, 15) is 9.59 Å². The number of methoxy groups -OCH3 is 2. The lowest BCUT2D eigenvalue weighted by Crippen LogP contribution is -2.15. The van der Waals surface area contributed by atoms with Crippen molar-refractivity contribution in [1.82, 2.24) is 9.78 Å². The van der Waals surface area contributed by atoms with Crippen LogP contribution in [0.5, 0.6) is 5.75 Å². The SMILES string of the molecule is COC(=O)c1c(-c2cccc(OCc3cccc(C)c3)c2)nn(-c2ccccc2)c1C(=O)OC. The molecule has 3 aromatic carbocycles. The molecule has 34 heavy (non-hydrogen) atoms. The molecule has 4 aromatic rings. The van der Waals surface area contributed by atoms with Crippen molar-refractivity contribution in [3.05, 3.63) is 101 Å². The normalized spacial score (nSPS) is 10.6. The van der Waals surface area contributed by atoms with Crippen LogP contribution in [0.1, 0.15) is 32.0 Å². The number of rotatable bonds is 7. The zero-order chi connectivity index (χ0) is 24.1. The Morgan fingerprint density at radius 1 is 0.853 bits per heavy atom. The lowest BCUT2D eigenvalue weighted by molar-refractivity contribution is 0.0549. The Bertz CT molecular complexity index is 1330. The molecule has 0 N–H and O–H groups in total. The molecule has 0 spiro atoms. The van der Waals surface area contributed by atoms with Crippen molar-refractivity contribution in [1.29, 1.82) is 0 Å². The Kier molecular flexibility index (Phi) is 6.73. The van der Waals surface area contributed by atoms with Crippen LogP contribution in [0.3, 0.4) is 0 Å². The predicted octanol–water partition coefficient (Wildman–Crippen LogP) is 5.00. The van der Waals surface area contributed by atoms with Gasteiger partial charge in [0.15, 0.2) is 5.69 Å². The standard InChI is InChI=1S/C27H24N2O5/c1-18-9-7-10-19(15-18)17-34-22-14-8-11-20(16-22)24-23(26(30)32-2)25(27(31)33-3)29(28-24)21-12-5-4-6-13-21/h4-16H,17H2,1-3H3. The minimum Gasteiger partial charge on any atom is -0.489 e. The van der Waals surface area contributed by atoms with E-state index in [4.69, 9.17) is 14.2 Å². The van der Waals surface area contributed by atoms with Crippen molar-refractivity contribution >= 4 is 11.9 Å². The summed E-state index contributed by atoms with van der Waals surface area (Å²) in [5, 5.41) is 4.62. The zero-order valence-corrected chi connectivity index (χ0v) is 19.1. The highest BCUT2D eigenvalue weighted by atomic mass is 16.5. The molecule has 0 aliphatic heterocycles. The Labute approximate surface area is 197 Å². The third-order valence-electron chi connectivity index (χ3n) is 5.25. The predicted molar refractivity (Wildman–Crippen MR) is 127 cm³/mol. The second-order valence-corrected chi connectivity index (χ2v) is 7.61. The molecule has 0 radical (unpaired) electrons. The minimum atomic E-state index is -0.699. The maximum absolute atomic E-state index is 12.8. The molecule has 0 saturated heterocycles. The van der Waals surface area contributed by atoms with Crippen LogP contribution in [0.4, 0.5) is 0 Å². The Balaban J connectivity index is 1.79. The molecule has 0 unspecified atom stereocenters. The van der Waals surface area contributed by atoms with E-state index in [0.717, 1.165) is 11.1 Å². The average Bonchev–Trinajstić information content (AvgIpc) is 3.28. The smallest absolute Gasteiger partial charge is 0.357 e. The second kappa shape index (κ2) is 10.0. The molecule has 4 rings (SSSR count). The van der Waals surface area contributed by atoms with Gasteiger partial charge in [-0.25, -0.2) is 14.3 Å². The van der Waals surface area contributed by atoms with Gasteiger partial charge in [-0.1, -0.05) is 60.2 Å². The molecule has 0 fully saturated rings. The van der Waals surface area contributed by atoms with Crippen molar-refractivity contribution in [2.75, 3.05) is 14.2 Å². The van der Waals surface area contributed by atoms with Crippen molar-refractivity contribution < 1.29 is 23.8 Å². The lowest BCUT2D eigenvalue weighted by atomic mass is 10.1. The summed E-state index contributed by atoms with van der Waals surface area (Å²) < 4.78 is 17.4. The topological polar surface area (TPSA) is 79.7 Å². The zero-order valence-electron chi connectivity index (χ0n) is 19.1. The number of esters is 2. The summed E-state index contributed by atoms with van der Waals surface area (Å²) in [6, 6.07) is 24.3. The summed E-state index contributed by atoms with van der Waals surface area (Å²) in [7, 11) is 2.51. The van der Waals surface area contributed by atoms with Gasteiger partial charge >= 0.3 is 11.9 Å². The number of benzene rings is 3. The Hall–Kier alpha value is -4.39. The minimum absolute atomic E-state index is 0.0124. The van der Waals surface area contributed by atoms with Gasteiger partial charge < -0.3 is 14.2 Å². The van der Waals surface area contributed by atoms with Crippen molar-refractivity contribution in [2.45, 2.75) is 13.5 Å². The lowest BCUT2D eigenvalue weighted by Gasteiger charge is -2.09. The van der Waals surface area contributed by atoms with E-state index in [-0.39, 0.29) is 17.0 Å². The van der Waals surface area contributed by atoms with Crippen LogP contribution >= 0.6 is 0 Å². The quantitative estimate of drug-likeness (QED) is 0.364. The number of hydrogen-bond donors (Lipinski definition) is 0. The third kappa shape index (κ3) is 4.68. The molecule has 0 bridgehead atoms. The summed E-state index contributed by atoms with van der Waals surface area (Å²) in [6.07, 6.45) is 0. The summed E-state index contributed by atoms with van der Waals surface area (Å²) in [5.74, 6) is -0.790. The van der Waals surface area contributed by atoms with Gasteiger partial charge in [-0.15, -0.1) is 0 Å². The van der Waals surface area contributed by atoms with Crippen molar-refractivity contribution in [3.8, 4) is 22.7 Å². The van der Waals surface area contributed by atoms with Crippen LogP contribution in [-0.4, -0.2) is 35.9 Å². The fraction of sp³-hybridized carbons (Fsp3) is 0.148. The number of carbonyl (C=O) groups excluding carboxylic acids is 2. The first-order valence-corrected chi connectivity index (χ1v) is 10.7. The molecule has 1 heterocycles. The first-order valence-electron chi connectivity index (χ1n) is 10.7. The van der Waals surface area contributed by atoms with Gasteiger partial charge in [0.25, 0.3) is 0 Å². The number of aryl methyl sites for hydroxylation is 1. The summed E-state index contributed by atoms with van der Waals surface area (Å²) in [6.45, 7) is 2.42. The van der Waals surface area contributed by atoms with Crippen LogP contribution < -0.4 is 4.74 Å². The number of para-hydroxylation sites is 1. The number of nitrogens with zero attached hydrogens (tertiary/aromatic N) is 2. The monoisotopic (exact) mass is 456 g/mol. The fourth-order valence-corrected chi connectivity index (χ4v) is 3.66. The van der Waals surface area contributed by atoms with Crippen LogP contribution in [-0.2, 0) is 16.1 Å². The molecule has 7 heteroatoms. The molecule has 0 atom stereocenters. The van der Waals surface area contributed by atoms with Crippen molar-refractivity contribution in [3.63, 3.8) is 0 Å². The summed E-state index contributed by atoms with van der Waals surface area (Å²) in [5.41, 5.74) is 3.70. The van der Waals surface area contributed by atoms with E-state index in [2.05, 4.69) is 11.2 Å². The first-order chi connectivity index (χ1) is 16.5. The van der Waals surface area contributed by atoms with E-state index < -0.39 is 11.9 Å².